The number of benzene rings is 2. The molecule has 2 aromatic carbocycles. The van der Waals surface area contributed by atoms with Gasteiger partial charge in [-0.05, 0) is 41.2 Å². The Morgan fingerprint density at radius 3 is 2.53 bits per heavy atom. The SMILES string of the molecule is NC(=O)c1c(NC(=O)CN2CCN(Cc3cccc4ccccc34)CC2)sc2c1CCC2. The molecule has 2 aliphatic rings. The topological polar surface area (TPSA) is 78.7 Å². The number of thiophene rings is 1. The Kier molecular flexibility index (Phi) is 5.95. The van der Waals surface area contributed by atoms with Crippen LogP contribution in [0.4, 0.5) is 5.00 Å². The molecule has 2 amide bonds. The smallest absolute Gasteiger partial charge is 0.251 e. The molecular formula is C25H28N4O2S. The average molecular weight is 449 g/mol. The van der Waals surface area contributed by atoms with E-state index in [-0.39, 0.29) is 5.91 Å². The van der Waals surface area contributed by atoms with Crippen LogP contribution in [0.25, 0.3) is 10.8 Å². The summed E-state index contributed by atoms with van der Waals surface area (Å²) >= 11 is 1.51. The molecule has 0 unspecified atom stereocenters. The molecule has 1 saturated heterocycles. The molecule has 1 aliphatic carbocycles. The van der Waals surface area contributed by atoms with Crippen LogP contribution in [0.5, 0.6) is 0 Å². The van der Waals surface area contributed by atoms with E-state index >= 15 is 0 Å². The van der Waals surface area contributed by atoms with Gasteiger partial charge in [-0.2, -0.15) is 0 Å². The minimum absolute atomic E-state index is 0.0741. The molecule has 32 heavy (non-hydrogen) atoms. The summed E-state index contributed by atoms with van der Waals surface area (Å²) in [5.41, 5.74) is 8.52. The zero-order valence-electron chi connectivity index (χ0n) is 18.1. The lowest BCUT2D eigenvalue weighted by Gasteiger charge is -2.34. The maximum absolute atomic E-state index is 12.7. The second-order valence-corrected chi connectivity index (χ2v) is 9.77. The van der Waals surface area contributed by atoms with Crippen molar-refractivity contribution in [1.82, 2.24) is 9.80 Å². The van der Waals surface area contributed by atoms with E-state index in [1.807, 2.05) is 0 Å². The predicted molar refractivity (Wildman–Crippen MR) is 129 cm³/mol. The van der Waals surface area contributed by atoms with Crippen LogP contribution < -0.4 is 11.1 Å². The number of carbonyl (C=O) groups excluding carboxylic acids is 2. The van der Waals surface area contributed by atoms with Gasteiger partial charge in [-0.25, -0.2) is 0 Å². The molecule has 1 fully saturated rings. The van der Waals surface area contributed by atoms with Gasteiger partial charge in [-0.15, -0.1) is 11.3 Å². The number of fused-ring (bicyclic) bond motifs is 2. The zero-order valence-corrected chi connectivity index (χ0v) is 18.9. The Bertz CT molecular complexity index is 1160. The summed E-state index contributed by atoms with van der Waals surface area (Å²) in [5.74, 6) is -0.517. The summed E-state index contributed by atoms with van der Waals surface area (Å²) in [7, 11) is 0. The Balaban J connectivity index is 1.16. The lowest BCUT2D eigenvalue weighted by molar-refractivity contribution is -0.117. The highest BCUT2D eigenvalue weighted by molar-refractivity contribution is 7.17. The summed E-state index contributed by atoms with van der Waals surface area (Å²) in [4.78, 5) is 30.5. The van der Waals surface area contributed by atoms with E-state index in [0.29, 0.717) is 17.1 Å². The molecule has 0 bridgehead atoms. The molecule has 1 aliphatic heterocycles. The van der Waals surface area contributed by atoms with Crippen LogP contribution in [0.15, 0.2) is 42.5 Å². The molecular weight excluding hydrogens is 420 g/mol. The van der Waals surface area contributed by atoms with Crippen LogP contribution >= 0.6 is 11.3 Å². The number of nitrogens with one attached hydrogen (secondary N) is 1. The second kappa shape index (κ2) is 9.02. The van der Waals surface area contributed by atoms with Crippen molar-refractivity contribution >= 4 is 38.9 Å². The first-order valence-electron chi connectivity index (χ1n) is 11.2. The van der Waals surface area contributed by atoms with Gasteiger partial charge in [0.2, 0.25) is 5.91 Å². The molecule has 0 atom stereocenters. The van der Waals surface area contributed by atoms with Crippen LogP contribution in [0.3, 0.4) is 0 Å². The van der Waals surface area contributed by atoms with E-state index in [2.05, 4.69) is 57.6 Å². The maximum Gasteiger partial charge on any atom is 0.251 e. The number of hydrogen-bond acceptors (Lipinski definition) is 5. The fourth-order valence-electron chi connectivity index (χ4n) is 4.90. The number of amides is 2. The van der Waals surface area contributed by atoms with E-state index in [1.54, 1.807) is 0 Å². The normalized spacial score (nSPS) is 16.9. The second-order valence-electron chi connectivity index (χ2n) is 8.66. The van der Waals surface area contributed by atoms with Gasteiger partial charge in [-0.1, -0.05) is 42.5 Å². The van der Waals surface area contributed by atoms with Crippen molar-refractivity contribution in [2.45, 2.75) is 25.8 Å². The summed E-state index contributed by atoms with van der Waals surface area (Å²) in [5, 5.41) is 6.17. The molecule has 6 nitrogen and oxygen atoms in total. The number of aryl methyl sites for hydroxylation is 1. The number of piperazine rings is 1. The molecule has 1 aromatic heterocycles. The Morgan fingerprint density at radius 2 is 1.72 bits per heavy atom. The van der Waals surface area contributed by atoms with E-state index < -0.39 is 5.91 Å². The number of primary amides is 1. The maximum atomic E-state index is 12.7. The number of hydrogen-bond donors (Lipinski definition) is 2. The van der Waals surface area contributed by atoms with Gasteiger partial charge in [0.1, 0.15) is 5.00 Å². The highest BCUT2D eigenvalue weighted by Gasteiger charge is 2.27. The first-order chi connectivity index (χ1) is 15.6. The Hall–Kier alpha value is -2.74. The van der Waals surface area contributed by atoms with Crippen molar-refractivity contribution in [3.8, 4) is 0 Å². The van der Waals surface area contributed by atoms with Crippen molar-refractivity contribution in [2.24, 2.45) is 5.73 Å². The van der Waals surface area contributed by atoms with Crippen molar-refractivity contribution in [1.29, 1.82) is 0 Å². The minimum Gasteiger partial charge on any atom is -0.365 e. The Morgan fingerprint density at radius 1 is 0.969 bits per heavy atom. The third-order valence-electron chi connectivity index (χ3n) is 6.53. The predicted octanol–water partition coefficient (Wildman–Crippen LogP) is 3.25. The van der Waals surface area contributed by atoms with Crippen LogP contribution in [0, 0.1) is 0 Å². The first kappa shape index (κ1) is 21.1. The van der Waals surface area contributed by atoms with Gasteiger partial charge >= 0.3 is 0 Å². The standard InChI is InChI=1S/C25H28N4O2S/c26-24(31)23-20-9-4-10-21(20)32-25(23)27-22(30)16-29-13-11-28(12-14-29)15-18-7-3-6-17-5-1-2-8-19(17)18/h1-3,5-8H,4,9-16H2,(H2,26,31)(H,27,30). The average Bonchev–Trinajstić information content (AvgIpc) is 3.36. The Labute approximate surface area is 192 Å². The van der Waals surface area contributed by atoms with Crippen molar-refractivity contribution in [2.75, 3.05) is 38.0 Å². The molecule has 3 aromatic rings. The highest BCUT2D eigenvalue weighted by Crippen LogP contribution is 2.38. The molecule has 2 heterocycles. The van der Waals surface area contributed by atoms with E-state index in [0.717, 1.165) is 57.5 Å². The van der Waals surface area contributed by atoms with Crippen LogP contribution in [0.2, 0.25) is 0 Å². The monoisotopic (exact) mass is 448 g/mol. The summed E-state index contributed by atoms with van der Waals surface area (Å²) in [6.45, 7) is 4.81. The summed E-state index contributed by atoms with van der Waals surface area (Å²) < 4.78 is 0. The first-order valence-corrected chi connectivity index (χ1v) is 12.1. The van der Waals surface area contributed by atoms with Gasteiger partial charge < -0.3 is 11.1 Å². The summed E-state index contributed by atoms with van der Waals surface area (Å²) in [6, 6.07) is 15.0. The van der Waals surface area contributed by atoms with Gasteiger partial charge in [0.15, 0.2) is 0 Å². The molecule has 7 heteroatoms. The van der Waals surface area contributed by atoms with Gasteiger partial charge in [0, 0.05) is 37.6 Å². The van der Waals surface area contributed by atoms with Gasteiger partial charge in [0.05, 0.1) is 12.1 Å². The van der Waals surface area contributed by atoms with Crippen molar-refractivity contribution in [3.63, 3.8) is 0 Å². The summed E-state index contributed by atoms with van der Waals surface area (Å²) in [6.07, 6.45) is 2.90. The molecule has 0 spiro atoms. The fourth-order valence-corrected chi connectivity index (χ4v) is 6.21. The minimum atomic E-state index is -0.443. The molecule has 3 N–H and O–H groups in total. The zero-order chi connectivity index (χ0) is 22.1. The lowest BCUT2D eigenvalue weighted by Crippen LogP contribution is -2.48. The van der Waals surface area contributed by atoms with Gasteiger partial charge in [0.25, 0.3) is 5.91 Å². The van der Waals surface area contributed by atoms with Crippen molar-refractivity contribution < 1.29 is 9.59 Å². The number of nitrogens with zero attached hydrogens (tertiary/aromatic N) is 2. The number of anilines is 1. The van der Waals surface area contributed by atoms with Crippen LogP contribution in [-0.2, 0) is 24.2 Å². The van der Waals surface area contributed by atoms with Gasteiger partial charge in [-0.3, -0.25) is 19.4 Å². The lowest BCUT2D eigenvalue weighted by atomic mass is 10.0. The number of carbonyl (C=O) groups is 2. The van der Waals surface area contributed by atoms with Crippen LogP contribution in [-0.4, -0.2) is 54.3 Å². The van der Waals surface area contributed by atoms with E-state index in [9.17, 15) is 9.59 Å². The fraction of sp³-hybridized carbons (Fsp3) is 0.360. The largest absolute Gasteiger partial charge is 0.365 e. The molecule has 0 radical (unpaired) electrons. The van der Waals surface area contributed by atoms with Crippen LogP contribution in [0.1, 0.15) is 32.8 Å². The highest BCUT2D eigenvalue weighted by atomic mass is 32.1. The quantitative estimate of drug-likeness (QED) is 0.607. The molecule has 5 rings (SSSR count). The number of rotatable bonds is 6. The molecule has 166 valence electrons. The van der Waals surface area contributed by atoms with E-state index in [1.165, 1.54) is 32.5 Å². The van der Waals surface area contributed by atoms with Crippen molar-refractivity contribution in [3.05, 3.63) is 64.0 Å². The number of nitrogens with two attached hydrogens (primary N) is 1. The molecule has 0 saturated carbocycles. The van der Waals surface area contributed by atoms with E-state index in [4.69, 9.17) is 5.73 Å². The third kappa shape index (κ3) is 4.28. The third-order valence-corrected chi connectivity index (χ3v) is 7.73.